The predicted molar refractivity (Wildman–Crippen MR) is 116 cm³/mol. The predicted octanol–water partition coefficient (Wildman–Crippen LogP) is 2.95. The molecule has 30 heavy (non-hydrogen) atoms. The van der Waals surface area contributed by atoms with Crippen LogP contribution < -0.4 is 4.74 Å². The van der Waals surface area contributed by atoms with E-state index in [2.05, 4.69) is 0 Å². The van der Waals surface area contributed by atoms with Gasteiger partial charge < -0.3 is 23.8 Å². The number of benzene rings is 1. The van der Waals surface area contributed by atoms with Crippen molar-refractivity contribution in [3.05, 3.63) is 53.9 Å². The fourth-order valence-corrected chi connectivity index (χ4v) is 3.17. The summed E-state index contributed by atoms with van der Waals surface area (Å²) in [5, 5.41) is 0. The number of aryl methyl sites for hydroxylation is 1. The zero-order valence-electron chi connectivity index (χ0n) is 18.6. The summed E-state index contributed by atoms with van der Waals surface area (Å²) in [6.45, 7) is 5.34. The molecule has 164 valence electrons. The molecule has 7 nitrogen and oxygen atoms in total. The van der Waals surface area contributed by atoms with Gasteiger partial charge in [-0.05, 0) is 43.7 Å². The van der Waals surface area contributed by atoms with Gasteiger partial charge in [0.05, 0.1) is 20.3 Å². The number of carbonyl (C=O) groups is 2. The van der Waals surface area contributed by atoms with Gasteiger partial charge >= 0.3 is 0 Å². The van der Waals surface area contributed by atoms with Crippen LogP contribution in [-0.4, -0.2) is 66.1 Å². The number of methoxy groups -OCH3 is 2. The van der Waals surface area contributed by atoms with Crippen molar-refractivity contribution in [2.45, 2.75) is 32.9 Å². The van der Waals surface area contributed by atoms with Crippen LogP contribution in [0.2, 0.25) is 0 Å². The van der Waals surface area contributed by atoms with Crippen LogP contribution in [0, 0.1) is 0 Å². The summed E-state index contributed by atoms with van der Waals surface area (Å²) in [7, 11) is 5.13. The van der Waals surface area contributed by atoms with E-state index >= 15 is 0 Å². The third-order valence-electron chi connectivity index (χ3n) is 5.33. The highest BCUT2D eigenvalue weighted by atomic mass is 16.5. The first kappa shape index (κ1) is 23.5. The normalized spacial score (nSPS) is 11.8. The second-order valence-electron chi connectivity index (χ2n) is 7.34. The molecule has 2 amide bonds. The molecule has 0 N–H and O–H groups in total. The van der Waals surface area contributed by atoms with Gasteiger partial charge in [0.2, 0.25) is 5.91 Å². The third-order valence-corrected chi connectivity index (χ3v) is 5.33. The van der Waals surface area contributed by atoms with Crippen molar-refractivity contribution in [2.24, 2.45) is 7.05 Å². The molecule has 0 unspecified atom stereocenters. The largest absolute Gasteiger partial charge is 0.497 e. The number of ether oxygens (including phenoxy) is 2. The molecule has 1 aromatic carbocycles. The maximum atomic E-state index is 13.2. The fraction of sp³-hybridized carbons (Fsp3) is 0.478. The Balaban J connectivity index is 2.22. The van der Waals surface area contributed by atoms with Crippen LogP contribution in [0.5, 0.6) is 5.75 Å². The Labute approximate surface area is 179 Å². The van der Waals surface area contributed by atoms with Crippen molar-refractivity contribution >= 4 is 11.8 Å². The first-order valence-corrected chi connectivity index (χ1v) is 10.2. The van der Waals surface area contributed by atoms with Crippen LogP contribution in [-0.2, 0) is 23.1 Å². The Bertz CT molecular complexity index is 833. The van der Waals surface area contributed by atoms with Gasteiger partial charge in [-0.15, -0.1) is 0 Å². The Hall–Kier alpha value is -2.80. The monoisotopic (exact) mass is 415 g/mol. The van der Waals surface area contributed by atoms with Crippen LogP contribution in [0.15, 0.2) is 42.6 Å². The quantitative estimate of drug-likeness (QED) is 0.566. The molecule has 2 aromatic rings. The van der Waals surface area contributed by atoms with Gasteiger partial charge in [-0.2, -0.15) is 0 Å². The molecule has 0 radical (unpaired) electrons. The molecule has 0 saturated carbocycles. The first-order valence-electron chi connectivity index (χ1n) is 10.2. The van der Waals surface area contributed by atoms with Crippen LogP contribution in [0.1, 0.15) is 36.3 Å². The van der Waals surface area contributed by atoms with Crippen LogP contribution in [0.3, 0.4) is 0 Å². The van der Waals surface area contributed by atoms with E-state index < -0.39 is 0 Å². The molecule has 0 aliphatic carbocycles. The Morgan fingerprint density at radius 2 is 1.93 bits per heavy atom. The number of nitrogens with zero attached hydrogens (tertiary/aromatic N) is 3. The number of hydrogen-bond acceptors (Lipinski definition) is 4. The average molecular weight is 416 g/mol. The van der Waals surface area contributed by atoms with Gasteiger partial charge in [0.15, 0.2) is 0 Å². The summed E-state index contributed by atoms with van der Waals surface area (Å²) in [4.78, 5) is 29.8. The molecule has 2 rings (SSSR count). The van der Waals surface area contributed by atoms with Crippen LogP contribution in [0.4, 0.5) is 0 Å². The van der Waals surface area contributed by atoms with E-state index in [1.165, 1.54) is 0 Å². The Kier molecular flexibility index (Phi) is 8.92. The fourth-order valence-electron chi connectivity index (χ4n) is 3.17. The van der Waals surface area contributed by atoms with E-state index in [9.17, 15) is 9.59 Å². The first-order chi connectivity index (χ1) is 14.4. The molecule has 0 fully saturated rings. The number of carbonyl (C=O) groups excluding carboxylic acids is 2. The number of aromatic nitrogens is 1. The maximum Gasteiger partial charge on any atom is 0.254 e. The number of rotatable bonds is 11. The summed E-state index contributed by atoms with van der Waals surface area (Å²) in [5.41, 5.74) is 1.53. The topological polar surface area (TPSA) is 64.0 Å². The second kappa shape index (κ2) is 11.4. The van der Waals surface area contributed by atoms with Crippen molar-refractivity contribution in [1.82, 2.24) is 14.4 Å². The van der Waals surface area contributed by atoms with E-state index in [1.807, 2.05) is 43.8 Å². The molecular weight excluding hydrogens is 382 g/mol. The minimum absolute atomic E-state index is 0.0131. The van der Waals surface area contributed by atoms with Gasteiger partial charge in [-0.25, -0.2) is 0 Å². The lowest BCUT2D eigenvalue weighted by Gasteiger charge is -2.31. The number of hydrogen-bond donors (Lipinski definition) is 0. The zero-order valence-corrected chi connectivity index (χ0v) is 18.6. The van der Waals surface area contributed by atoms with Crippen molar-refractivity contribution in [3.8, 4) is 5.75 Å². The Morgan fingerprint density at radius 1 is 1.17 bits per heavy atom. The summed E-state index contributed by atoms with van der Waals surface area (Å²) >= 11 is 0. The van der Waals surface area contributed by atoms with E-state index in [1.54, 1.807) is 48.3 Å². The molecule has 1 heterocycles. The minimum Gasteiger partial charge on any atom is -0.497 e. The van der Waals surface area contributed by atoms with E-state index in [0.717, 1.165) is 12.1 Å². The third kappa shape index (κ3) is 6.10. The highest BCUT2D eigenvalue weighted by molar-refractivity contribution is 5.97. The Morgan fingerprint density at radius 3 is 2.53 bits per heavy atom. The molecule has 0 aliphatic heterocycles. The summed E-state index contributed by atoms with van der Waals surface area (Å²) in [5.74, 6) is 0.327. The molecule has 0 saturated heterocycles. The van der Waals surface area contributed by atoms with Crippen LogP contribution in [0.25, 0.3) is 0 Å². The van der Waals surface area contributed by atoms with Gasteiger partial charge in [0, 0.05) is 44.2 Å². The van der Waals surface area contributed by atoms with Gasteiger partial charge in [-0.3, -0.25) is 9.59 Å². The lowest BCUT2D eigenvalue weighted by Crippen LogP contribution is -2.47. The lowest BCUT2D eigenvalue weighted by molar-refractivity contribution is -0.133. The van der Waals surface area contributed by atoms with E-state index in [4.69, 9.17) is 9.47 Å². The molecule has 0 aliphatic rings. The number of amides is 2. The van der Waals surface area contributed by atoms with Crippen molar-refractivity contribution in [2.75, 3.05) is 33.9 Å². The molecule has 1 aromatic heterocycles. The van der Waals surface area contributed by atoms with Crippen molar-refractivity contribution in [1.29, 1.82) is 0 Å². The van der Waals surface area contributed by atoms with Crippen molar-refractivity contribution in [3.63, 3.8) is 0 Å². The van der Waals surface area contributed by atoms with Crippen LogP contribution >= 0.6 is 0 Å². The van der Waals surface area contributed by atoms with Crippen molar-refractivity contribution < 1.29 is 19.1 Å². The van der Waals surface area contributed by atoms with Gasteiger partial charge in [-0.1, -0.05) is 13.0 Å². The zero-order chi connectivity index (χ0) is 22.1. The van der Waals surface area contributed by atoms with E-state index in [-0.39, 0.29) is 24.4 Å². The highest BCUT2D eigenvalue weighted by Gasteiger charge is 2.26. The van der Waals surface area contributed by atoms with Gasteiger partial charge in [0.1, 0.15) is 12.3 Å². The lowest BCUT2D eigenvalue weighted by atomic mass is 10.1. The summed E-state index contributed by atoms with van der Waals surface area (Å²) in [6, 6.07) is 10.9. The average Bonchev–Trinajstić information content (AvgIpc) is 3.17. The smallest absolute Gasteiger partial charge is 0.254 e. The molecule has 0 spiro atoms. The van der Waals surface area contributed by atoms with Gasteiger partial charge in [0.25, 0.3) is 5.91 Å². The standard InChI is InChI=1S/C23H33N3O4/c1-6-18(2)26(23(28)19-9-7-11-21(15-19)30-5)17-22(27)25(13-14-29-4)16-20-10-8-12-24(20)3/h7-12,15,18H,6,13-14,16-17H2,1-5H3/t18-/m1/s1. The molecule has 7 heteroatoms. The summed E-state index contributed by atoms with van der Waals surface area (Å²) < 4.78 is 12.4. The maximum absolute atomic E-state index is 13.2. The minimum atomic E-state index is -0.179. The molecule has 1 atom stereocenters. The summed E-state index contributed by atoms with van der Waals surface area (Å²) in [6.07, 6.45) is 2.70. The molecular formula is C23H33N3O4. The highest BCUT2D eigenvalue weighted by Crippen LogP contribution is 2.17. The van der Waals surface area contributed by atoms with E-state index in [0.29, 0.717) is 31.0 Å². The SMILES string of the molecule is CC[C@@H](C)N(CC(=O)N(CCOC)Cc1cccn1C)C(=O)c1cccc(OC)c1. The second-order valence-corrected chi connectivity index (χ2v) is 7.34. The molecule has 0 bridgehead atoms.